The first-order valence-electron chi connectivity index (χ1n) is 10.4. The number of carbonyl (C=O) groups is 2. The van der Waals surface area contributed by atoms with Gasteiger partial charge in [-0.2, -0.15) is 0 Å². The minimum atomic E-state index is -0.207. The van der Waals surface area contributed by atoms with Crippen LogP contribution >= 0.6 is 11.3 Å². The summed E-state index contributed by atoms with van der Waals surface area (Å²) < 4.78 is 2.05. The third kappa shape index (κ3) is 2.78. The Labute approximate surface area is 188 Å². The summed E-state index contributed by atoms with van der Waals surface area (Å²) in [4.78, 5) is 32.6. The minimum Gasteiger partial charge on any atom is -0.326 e. The van der Waals surface area contributed by atoms with Crippen molar-refractivity contribution in [3.8, 4) is 11.4 Å². The van der Waals surface area contributed by atoms with Gasteiger partial charge in [0.25, 0.3) is 0 Å². The quantitative estimate of drug-likeness (QED) is 0.245. The van der Waals surface area contributed by atoms with Gasteiger partial charge in [0.1, 0.15) is 10.7 Å². The normalized spacial score (nSPS) is 13.4. The molecule has 0 atom stereocenters. The Morgan fingerprint density at radius 2 is 1.50 bits per heavy atom. The van der Waals surface area contributed by atoms with E-state index in [-0.39, 0.29) is 17.1 Å². The summed E-state index contributed by atoms with van der Waals surface area (Å²) in [6, 6.07) is 21.7. The monoisotopic (exact) mass is 434 g/mol. The molecule has 4 nitrogen and oxygen atoms in total. The average molecular weight is 435 g/mol. The Morgan fingerprint density at radius 3 is 2.09 bits per heavy atom. The standard InChI is InChI=1S/C27H18N2O2S/c1-15-7-9-16(10-8-15)26-28-27-23(29(26)2)14-19(32-27)13-22-24(30)20-11-17-5-3-4-6-18(17)12-21(20)25(22)31/h3-14H,1-2H3. The number of nitrogens with zero attached hydrogens (tertiary/aromatic N) is 2. The Kier molecular flexibility index (Phi) is 4.04. The van der Waals surface area contributed by atoms with Gasteiger partial charge < -0.3 is 4.57 Å². The fourth-order valence-corrected chi connectivity index (χ4v) is 5.31. The van der Waals surface area contributed by atoms with E-state index in [4.69, 9.17) is 4.98 Å². The van der Waals surface area contributed by atoms with Crippen LogP contribution in [0.2, 0.25) is 0 Å². The van der Waals surface area contributed by atoms with Crippen LogP contribution in [0.4, 0.5) is 0 Å². The molecule has 1 aliphatic carbocycles. The number of hydrogen-bond donors (Lipinski definition) is 0. The van der Waals surface area contributed by atoms with Crippen molar-refractivity contribution in [3.63, 3.8) is 0 Å². The lowest BCUT2D eigenvalue weighted by atomic mass is 10.0. The van der Waals surface area contributed by atoms with Gasteiger partial charge in [0.15, 0.2) is 11.6 Å². The Bertz CT molecular complexity index is 1560. The highest BCUT2D eigenvalue weighted by Crippen LogP contribution is 2.35. The summed E-state index contributed by atoms with van der Waals surface area (Å²) in [5, 5.41) is 1.92. The molecule has 154 valence electrons. The van der Waals surface area contributed by atoms with E-state index in [9.17, 15) is 9.59 Å². The molecule has 2 aromatic heterocycles. The highest BCUT2D eigenvalue weighted by molar-refractivity contribution is 7.19. The molecule has 5 aromatic rings. The van der Waals surface area contributed by atoms with Gasteiger partial charge in [-0.25, -0.2) is 4.98 Å². The zero-order valence-electron chi connectivity index (χ0n) is 17.5. The molecule has 0 bridgehead atoms. The average Bonchev–Trinajstić information content (AvgIpc) is 3.41. The minimum absolute atomic E-state index is 0.207. The molecular formula is C27H18N2O2S. The SMILES string of the molecule is Cc1ccc(-c2nc3sc(C=C4C(=O)c5cc6ccccc6cc5C4=O)cc3n2C)cc1. The van der Waals surface area contributed by atoms with Crippen molar-refractivity contribution >= 4 is 50.1 Å². The van der Waals surface area contributed by atoms with E-state index in [0.29, 0.717) is 11.1 Å². The van der Waals surface area contributed by atoms with Crippen LogP contribution in [-0.4, -0.2) is 21.1 Å². The van der Waals surface area contributed by atoms with E-state index in [1.807, 2.05) is 49.5 Å². The molecular weight excluding hydrogens is 416 g/mol. The smallest absolute Gasteiger partial charge is 0.197 e. The molecule has 3 aromatic carbocycles. The zero-order valence-corrected chi connectivity index (χ0v) is 18.4. The number of allylic oxidation sites excluding steroid dienone is 1. The van der Waals surface area contributed by atoms with Crippen LogP contribution < -0.4 is 0 Å². The van der Waals surface area contributed by atoms with Crippen molar-refractivity contribution in [2.24, 2.45) is 7.05 Å². The Morgan fingerprint density at radius 1 is 0.875 bits per heavy atom. The predicted molar refractivity (Wildman–Crippen MR) is 129 cm³/mol. The van der Waals surface area contributed by atoms with Gasteiger partial charge in [0.2, 0.25) is 0 Å². The summed E-state index contributed by atoms with van der Waals surface area (Å²) in [5.74, 6) is 0.487. The molecule has 0 unspecified atom stereocenters. The molecule has 0 N–H and O–H groups in total. The number of Topliss-reactive ketones (excluding diaryl/α,β-unsaturated/α-hetero) is 2. The van der Waals surface area contributed by atoms with E-state index in [1.165, 1.54) is 16.9 Å². The van der Waals surface area contributed by atoms with E-state index in [2.05, 4.69) is 35.8 Å². The van der Waals surface area contributed by atoms with Crippen LogP contribution in [0.1, 0.15) is 31.2 Å². The Hall–Kier alpha value is -3.83. The van der Waals surface area contributed by atoms with Crippen LogP contribution in [0.25, 0.3) is 38.6 Å². The number of benzene rings is 3. The highest BCUT2D eigenvalue weighted by atomic mass is 32.1. The summed E-state index contributed by atoms with van der Waals surface area (Å²) in [7, 11) is 1.99. The van der Waals surface area contributed by atoms with E-state index >= 15 is 0 Å². The number of imidazole rings is 1. The maximum absolute atomic E-state index is 13.0. The zero-order chi connectivity index (χ0) is 22.0. The highest BCUT2D eigenvalue weighted by Gasteiger charge is 2.33. The molecule has 0 radical (unpaired) electrons. The Balaban J connectivity index is 1.40. The molecule has 0 fully saturated rings. The van der Waals surface area contributed by atoms with Crippen molar-refractivity contribution < 1.29 is 9.59 Å². The lowest BCUT2D eigenvalue weighted by Gasteiger charge is -2.02. The molecule has 5 heteroatoms. The van der Waals surface area contributed by atoms with Crippen LogP contribution in [0, 0.1) is 6.92 Å². The maximum Gasteiger partial charge on any atom is 0.197 e. The van der Waals surface area contributed by atoms with E-state index in [1.54, 1.807) is 6.08 Å². The molecule has 0 aliphatic heterocycles. The molecule has 0 spiro atoms. The van der Waals surface area contributed by atoms with Crippen molar-refractivity contribution in [3.05, 3.63) is 93.9 Å². The number of aryl methyl sites for hydroxylation is 2. The molecule has 6 rings (SSSR count). The predicted octanol–water partition coefficient (Wildman–Crippen LogP) is 6.23. The van der Waals surface area contributed by atoms with Gasteiger partial charge in [-0.1, -0.05) is 54.1 Å². The van der Waals surface area contributed by atoms with Crippen molar-refractivity contribution in [2.45, 2.75) is 6.92 Å². The fraction of sp³-hybridized carbons (Fsp3) is 0.0741. The summed E-state index contributed by atoms with van der Waals surface area (Å²) in [6.07, 6.45) is 1.72. The summed E-state index contributed by atoms with van der Waals surface area (Å²) in [6.45, 7) is 2.06. The van der Waals surface area contributed by atoms with Crippen LogP contribution in [-0.2, 0) is 7.05 Å². The third-order valence-corrected chi connectivity index (χ3v) is 7.03. The number of thiophene rings is 1. The van der Waals surface area contributed by atoms with Crippen LogP contribution in [0.5, 0.6) is 0 Å². The first-order valence-corrected chi connectivity index (χ1v) is 11.2. The molecule has 0 saturated carbocycles. The second-order valence-corrected chi connectivity index (χ2v) is 9.22. The van der Waals surface area contributed by atoms with Gasteiger partial charge in [-0.05, 0) is 42.0 Å². The number of fused-ring (bicyclic) bond motifs is 3. The van der Waals surface area contributed by atoms with E-state index < -0.39 is 0 Å². The third-order valence-electron chi connectivity index (χ3n) is 6.06. The van der Waals surface area contributed by atoms with Crippen LogP contribution in [0.15, 0.2) is 72.3 Å². The number of ketones is 2. The largest absolute Gasteiger partial charge is 0.326 e. The first-order chi connectivity index (χ1) is 15.5. The molecule has 0 saturated heterocycles. The number of rotatable bonds is 2. The number of aromatic nitrogens is 2. The van der Waals surface area contributed by atoms with Crippen molar-refractivity contribution in [1.82, 2.24) is 9.55 Å². The summed E-state index contributed by atoms with van der Waals surface area (Å²) in [5.41, 5.74) is 4.45. The van der Waals surface area contributed by atoms with Gasteiger partial charge in [0, 0.05) is 28.6 Å². The van der Waals surface area contributed by atoms with Gasteiger partial charge in [-0.3, -0.25) is 9.59 Å². The molecule has 32 heavy (non-hydrogen) atoms. The first kappa shape index (κ1) is 18.9. The van der Waals surface area contributed by atoms with Crippen molar-refractivity contribution in [1.29, 1.82) is 0 Å². The second kappa shape index (κ2) is 6.84. The van der Waals surface area contributed by atoms with Crippen molar-refractivity contribution in [2.75, 3.05) is 0 Å². The van der Waals surface area contributed by atoms with Gasteiger partial charge in [-0.15, -0.1) is 11.3 Å². The maximum atomic E-state index is 13.0. The van der Waals surface area contributed by atoms with E-state index in [0.717, 1.165) is 37.4 Å². The molecule has 1 aliphatic rings. The topological polar surface area (TPSA) is 52.0 Å². The number of hydrogen-bond acceptors (Lipinski definition) is 4. The molecule has 2 heterocycles. The van der Waals surface area contributed by atoms with Gasteiger partial charge >= 0.3 is 0 Å². The number of carbonyl (C=O) groups excluding carboxylic acids is 2. The fourth-order valence-electron chi connectivity index (χ4n) is 4.31. The lowest BCUT2D eigenvalue weighted by Crippen LogP contribution is -1.99. The van der Waals surface area contributed by atoms with Gasteiger partial charge in [0.05, 0.1) is 11.1 Å². The molecule has 0 amide bonds. The van der Waals surface area contributed by atoms with Crippen LogP contribution in [0.3, 0.4) is 0 Å². The summed E-state index contributed by atoms with van der Waals surface area (Å²) >= 11 is 1.49. The second-order valence-electron chi connectivity index (χ2n) is 8.16. The lowest BCUT2D eigenvalue weighted by molar-refractivity contribution is 0.0990.